The summed E-state index contributed by atoms with van der Waals surface area (Å²) in [5.41, 5.74) is 2.63. The largest absolute Gasteiger partial charge is 0.497 e. The van der Waals surface area contributed by atoms with Crippen LogP contribution >= 0.6 is 0 Å². The maximum absolute atomic E-state index is 12.8. The number of nitrogens with zero attached hydrogens (tertiary/aromatic N) is 3. The first-order chi connectivity index (χ1) is 14.4. The second-order valence-electron chi connectivity index (χ2n) is 7.93. The van der Waals surface area contributed by atoms with Crippen molar-refractivity contribution in [3.63, 3.8) is 0 Å². The molecule has 1 atom stereocenters. The highest BCUT2D eigenvalue weighted by molar-refractivity contribution is 7.89. The lowest BCUT2D eigenvalue weighted by Gasteiger charge is -2.28. The van der Waals surface area contributed by atoms with Crippen molar-refractivity contribution in [3.05, 3.63) is 57.3 Å². The molecule has 1 aromatic carbocycles. The van der Waals surface area contributed by atoms with Gasteiger partial charge in [-0.05, 0) is 31.0 Å². The fourth-order valence-electron chi connectivity index (χ4n) is 4.20. The van der Waals surface area contributed by atoms with E-state index in [4.69, 9.17) is 9.72 Å². The van der Waals surface area contributed by atoms with Crippen molar-refractivity contribution >= 4 is 10.0 Å². The van der Waals surface area contributed by atoms with Crippen LogP contribution in [0.4, 0.5) is 0 Å². The molecule has 2 aromatic rings. The fourth-order valence-corrected chi connectivity index (χ4v) is 5.36. The molecule has 0 saturated carbocycles. The van der Waals surface area contributed by atoms with Gasteiger partial charge in [-0.25, -0.2) is 17.7 Å². The summed E-state index contributed by atoms with van der Waals surface area (Å²) < 4.78 is 31.0. The lowest BCUT2D eigenvalue weighted by Crippen LogP contribution is -2.36. The van der Waals surface area contributed by atoms with Gasteiger partial charge in [0, 0.05) is 45.1 Å². The molecule has 1 saturated heterocycles. The molecular weight excluding hydrogens is 404 g/mol. The highest BCUT2D eigenvalue weighted by Gasteiger charge is 2.33. The van der Waals surface area contributed by atoms with Crippen molar-refractivity contribution in [2.45, 2.75) is 38.8 Å². The molecule has 0 spiro atoms. The Morgan fingerprint density at radius 2 is 2.00 bits per heavy atom. The molecule has 0 radical (unpaired) electrons. The van der Waals surface area contributed by atoms with E-state index in [0.717, 1.165) is 30.1 Å². The highest BCUT2D eigenvalue weighted by atomic mass is 32.2. The van der Waals surface area contributed by atoms with Gasteiger partial charge in [0.1, 0.15) is 11.6 Å². The molecule has 3 heterocycles. The summed E-state index contributed by atoms with van der Waals surface area (Å²) in [6.07, 6.45) is 1.40. The average molecular weight is 433 g/mol. The Kier molecular flexibility index (Phi) is 5.95. The van der Waals surface area contributed by atoms with Crippen LogP contribution in [0.2, 0.25) is 0 Å². The third kappa shape index (κ3) is 4.28. The number of nitrogens with one attached hydrogen (secondary N) is 1. The molecule has 9 heteroatoms. The molecule has 1 aromatic heterocycles. The van der Waals surface area contributed by atoms with Crippen molar-refractivity contribution in [2.24, 2.45) is 0 Å². The summed E-state index contributed by atoms with van der Waals surface area (Å²) in [6, 6.07) is 7.96. The van der Waals surface area contributed by atoms with Crippen LogP contribution in [-0.2, 0) is 29.5 Å². The number of hydrogen-bond acceptors (Lipinski definition) is 6. The first-order valence-corrected chi connectivity index (χ1v) is 12.0. The predicted molar refractivity (Wildman–Crippen MR) is 114 cm³/mol. The van der Waals surface area contributed by atoms with Gasteiger partial charge in [-0.15, -0.1) is 0 Å². The summed E-state index contributed by atoms with van der Waals surface area (Å²) in [6.45, 7) is 4.68. The number of H-pyrrole nitrogens is 1. The van der Waals surface area contributed by atoms with Gasteiger partial charge in [-0.3, -0.25) is 9.69 Å². The van der Waals surface area contributed by atoms with E-state index >= 15 is 0 Å². The highest BCUT2D eigenvalue weighted by Crippen LogP contribution is 2.27. The molecular formula is C21H28N4O4S. The van der Waals surface area contributed by atoms with Crippen LogP contribution in [-0.4, -0.2) is 60.1 Å². The Morgan fingerprint density at radius 1 is 1.23 bits per heavy atom. The Bertz CT molecular complexity index is 1070. The van der Waals surface area contributed by atoms with Gasteiger partial charge in [-0.2, -0.15) is 0 Å². The molecule has 0 unspecified atom stereocenters. The minimum atomic E-state index is -3.21. The number of hydrogen-bond donors (Lipinski definition) is 1. The Hall–Kier alpha value is -2.23. The fraction of sp³-hybridized carbons (Fsp3) is 0.524. The Morgan fingerprint density at radius 3 is 2.70 bits per heavy atom. The SMILES string of the molecule is CCS(=O)(=O)N1CC[C@@H](c2nc3c(c(=O)[nH]2)CN(Cc2ccc(OC)cc2)CC3)C1. The minimum absolute atomic E-state index is 0.0540. The topological polar surface area (TPSA) is 95.6 Å². The van der Waals surface area contributed by atoms with E-state index in [2.05, 4.69) is 9.88 Å². The van der Waals surface area contributed by atoms with E-state index in [9.17, 15) is 13.2 Å². The minimum Gasteiger partial charge on any atom is -0.497 e. The third-order valence-electron chi connectivity index (χ3n) is 6.03. The van der Waals surface area contributed by atoms with Gasteiger partial charge < -0.3 is 9.72 Å². The number of rotatable bonds is 6. The molecule has 1 fully saturated rings. The number of fused-ring (bicyclic) bond motifs is 1. The summed E-state index contributed by atoms with van der Waals surface area (Å²) in [5, 5.41) is 0. The van der Waals surface area contributed by atoms with Gasteiger partial charge in [0.25, 0.3) is 5.56 Å². The summed E-state index contributed by atoms with van der Waals surface area (Å²) >= 11 is 0. The van der Waals surface area contributed by atoms with E-state index in [1.54, 1.807) is 14.0 Å². The summed E-state index contributed by atoms with van der Waals surface area (Å²) in [7, 11) is -1.56. The van der Waals surface area contributed by atoms with E-state index in [-0.39, 0.29) is 17.2 Å². The first kappa shape index (κ1) is 21.0. The summed E-state index contributed by atoms with van der Waals surface area (Å²) in [5.74, 6) is 1.49. The second-order valence-corrected chi connectivity index (χ2v) is 10.2. The van der Waals surface area contributed by atoms with Gasteiger partial charge >= 0.3 is 0 Å². The predicted octanol–water partition coefficient (Wildman–Crippen LogP) is 1.48. The number of methoxy groups -OCH3 is 1. The lowest BCUT2D eigenvalue weighted by molar-refractivity contribution is 0.241. The van der Waals surface area contributed by atoms with Crippen LogP contribution in [0.25, 0.3) is 0 Å². The molecule has 162 valence electrons. The van der Waals surface area contributed by atoms with E-state index in [0.29, 0.717) is 38.3 Å². The van der Waals surface area contributed by atoms with Gasteiger partial charge in [0.15, 0.2) is 0 Å². The van der Waals surface area contributed by atoms with Crippen molar-refractivity contribution in [1.29, 1.82) is 0 Å². The monoisotopic (exact) mass is 432 g/mol. The number of benzene rings is 1. The van der Waals surface area contributed by atoms with Crippen LogP contribution in [0, 0.1) is 0 Å². The zero-order valence-corrected chi connectivity index (χ0v) is 18.2. The summed E-state index contributed by atoms with van der Waals surface area (Å²) in [4.78, 5) is 22.7. The maximum Gasteiger partial charge on any atom is 0.255 e. The zero-order chi connectivity index (χ0) is 21.3. The number of aromatic amines is 1. The molecule has 4 rings (SSSR count). The van der Waals surface area contributed by atoms with Crippen LogP contribution < -0.4 is 10.3 Å². The van der Waals surface area contributed by atoms with Crippen LogP contribution in [0.3, 0.4) is 0 Å². The van der Waals surface area contributed by atoms with E-state index in [1.807, 2.05) is 24.3 Å². The van der Waals surface area contributed by atoms with Gasteiger partial charge in [-0.1, -0.05) is 12.1 Å². The number of ether oxygens (including phenoxy) is 1. The van der Waals surface area contributed by atoms with Crippen molar-refractivity contribution in [3.8, 4) is 5.75 Å². The molecule has 0 amide bonds. The molecule has 0 bridgehead atoms. The van der Waals surface area contributed by atoms with Crippen LogP contribution in [0.15, 0.2) is 29.1 Å². The lowest BCUT2D eigenvalue weighted by atomic mass is 10.0. The van der Waals surface area contributed by atoms with Crippen molar-refractivity contribution in [2.75, 3.05) is 32.5 Å². The smallest absolute Gasteiger partial charge is 0.255 e. The molecule has 2 aliphatic heterocycles. The average Bonchev–Trinajstić information content (AvgIpc) is 3.26. The quantitative estimate of drug-likeness (QED) is 0.743. The molecule has 2 aliphatic rings. The Labute approximate surface area is 176 Å². The first-order valence-electron chi connectivity index (χ1n) is 10.3. The van der Waals surface area contributed by atoms with Crippen molar-refractivity contribution < 1.29 is 13.2 Å². The maximum atomic E-state index is 12.8. The molecule has 8 nitrogen and oxygen atoms in total. The van der Waals surface area contributed by atoms with Crippen LogP contribution in [0.1, 0.15) is 41.9 Å². The van der Waals surface area contributed by atoms with E-state index in [1.165, 1.54) is 9.87 Å². The number of sulfonamides is 1. The van der Waals surface area contributed by atoms with Crippen molar-refractivity contribution in [1.82, 2.24) is 19.2 Å². The second kappa shape index (κ2) is 8.49. The third-order valence-corrected chi connectivity index (χ3v) is 7.88. The zero-order valence-electron chi connectivity index (χ0n) is 17.4. The number of aromatic nitrogens is 2. The standard InChI is InChI=1S/C21H28N4O4S/c1-3-30(27,28)25-11-8-16(13-25)20-22-19-9-10-24(14-18(19)21(26)23-20)12-15-4-6-17(29-2)7-5-15/h4-7,16H,3,8-14H2,1-2H3,(H,22,23,26)/t16-/m1/s1. The van der Waals surface area contributed by atoms with Gasteiger partial charge in [0.05, 0.1) is 24.1 Å². The van der Waals surface area contributed by atoms with Crippen LogP contribution in [0.5, 0.6) is 5.75 Å². The molecule has 0 aliphatic carbocycles. The molecule has 30 heavy (non-hydrogen) atoms. The normalized spacial score (nSPS) is 20.3. The van der Waals surface area contributed by atoms with E-state index < -0.39 is 10.0 Å². The Balaban J connectivity index is 1.47. The molecule has 1 N–H and O–H groups in total. The van der Waals surface area contributed by atoms with Gasteiger partial charge in [0.2, 0.25) is 10.0 Å².